The van der Waals surface area contributed by atoms with Crippen LogP contribution in [0.4, 0.5) is 5.69 Å². The highest BCUT2D eigenvalue weighted by atomic mass is 16.5. The molecule has 0 fully saturated rings. The number of imidazole rings is 1. The molecule has 0 unspecified atom stereocenters. The molecule has 2 N–H and O–H groups in total. The molecule has 5 heteroatoms. The summed E-state index contributed by atoms with van der Waals surface area (Å²) in [6.45, 7) is 1.46. The SMILES string of the molecule is CC(=O)Nc1ccc(-c2nc(-c3ccccc3)c(-c3ccccc3)n2O)cc1. The molecule has 0 radical (unpaired) electrons. The van der Waals surface area contributed by atoms with Gasteiger partial charge in [0.2, 0.25) is 5.91 Å². The van der Waals surface area contributed by atoms with E-state index < -0.39 is 0 Å². The van der Waals surface area contributed by atoms with E-state index in [9.17, 15) is 10.0 Å². The van der Waals surface area contributed by atoms with E-state index in [1.54, 1.807) is 12.1 Å². The van der Waals surface area contributed by atoms with Gasteiger partial charge in [0.25, 0.3) is 0 Å². The van der Waals surface area contributed by atoms with Gasteiger partial charge in [0, 0.05) is 29.3 Å². The van der Waals surface area contributed by atoms with Crippen molar-refractivity contribution in [2.75, 3.05) is 5.32 Å². The minimum absolute atomic E-state index is 0.130. The topological polar surface area (TPSA) is 67.2 Å². The highest BCUT2D eigenvalue weighted by molar-refractivity contribution is 5.89. The van der Waals surface area contributed by atoms with Crippen molar-refractivity contribution in [2.24, 2.45) is 0 Å². The van der Waals surface area contributed by atoms with Crippen LogP contribution in [-0.2, 0) is 4.79 Å². The van der Waals surface area contributed by atoms with Gasteiger partial charge in [0.1, 0.15) is 11.4 Å². The van der Waals surface area contributed by atoms with Crippen molar-refractivity contribution in [3.05, 3.63) is 84.9 Å². The summed E-state index contributed by atoms with van der Waals surface area (Å²) < 4.78 is 1.13. The highest BCUT2D eigenvalue weighted by Crippen LogP contribution is 2.35. The Morgan fingerprint density at radius 3 is 1.96 bits per heavy atom. The predicted octanol–water partition coefficient (Wildman–Crippen LogP) is 5.08. The van der Waals surface area contributed by atoms with E-state index in [1.807, 2.05) is 72.8 Å². The lowest BCUT2D eigenvalue weighted by Crippen LogP contribution is -2.05. The Hall–Kier alpha value is -3.86. The Kier molecular flexibility index (Phi) is 4.64. The van der Waals surface area contributed by atoms with Gasteiger partial charge < -0.3 is 10.5 Å². The summed E-state index contributed by atoms with van der Waals surface area (Å²) in [5.74, 6) is 0.307. The van der Waals surface area contributed by atoms with Crippen molar-refractivity contribution in [3.8, 4) is 33.9 Å². The van der Waals surface area contributed by atoms with Crippen molar-refractivity contribution >= 4 is 11.6 Å². The van der Waals surface area contributed by atoms with Gasteiger partial charge in [0.15, 0.2) is 5.82 Å². The normalized spacial score (nSPS) is 10.6. The van der Waals surface area contributed by atoms with Crippen molar-refractivity contribution < 1.29 is 10.0 Å². The Balaban J connectivity index is 1.85. The molecule has 3 aromatic carbocycles. The van der Waals surface area contributed by atoms with Crippen molar-refractivity contribution in [1.82, 2.24) is 9.71 Å². The molecule has 0 atom stereocenters. The summed E-state index contributed by atoms with van der Waals surface area (Å²) in [6.07, 6.45) is 0. The van der Waals surface area contributed by atoms with Crippen molar-refractivity contribution in [3.63, 3.8) is 0 Å². The van der Waals surface area contributed by atoms with E-state index in [-0.39, 0.29) is 5.91 Å². The van der Waals surface area contributed by atoms with E-state index in [2.05, 4.69) is 5.32 Å². The molecule has 0 aliphatic heterocycles. The molecule has 28 heavy (non-hydrogen) atoms. The van der Waals surface area contributed by atoms with Crippen LogP contribution in [0.15, 0.2) is 84.9 Å². The van der Waals surface area contributed by atoms with Crippen LogP contribution in [0, 0.1) is 0 Å². The molecule has 0 aliphatic rings. The molecular formula is C23H19N3O2. The number of aromatic nitrogens is 2. The second kappa shape index (κ2) is 7.40. The molecule has 4 rings (SSSR count). The van der Waals surface area contributed by atoms with Gasteiger partial charge in [-0.15, -0.1) is 0 Å². The van der Waals surface area contributed by atoms with E-state index in [4.69, 9.17) is 4.98 Å². The van der Waals surface area contributed by atoms with E-state index in [0.29, 0.717) is 22.9 Å². The van der Waals surface area contributed by atoms with Crippen LogP contribution in [0.3, 0.4) is 0 Å². The van der Waals surface area contributed by atoms with Gasteiger partial charge in [-0.3, -0.25) is 4.79 Å². The molecule has 1 aromatic heterocycles. The molecule has 0 saturated carbocycles. The number of rotatable bonds is 4. The fraction of sp³-hybridized carbons (Fsp3) is 0.0435. The highest BCUT2D eigenvalue weighted by Gasteiger charge is 2.20. The average molecular weight is 369 g/mol. The molecule has 0 spiro atoms. The molecule has 138 valence electrons. The maximum absolute atomic E-state index is 11.2. The maximum atomic E-state index is 11.2. The molecule has 0 saturated heterocycles. The van der Waals surface area contributed by atoms with Gasteiger partial charge in [-0.25, -0.2) is 4.98 Å². The van der Waals surface area contributed by atoms with Gasteiger partial charge in [-0.05, 0) is 24.3 Å². The molecule has 1 amide bonds. The van der Waals surface area contributed by atoms with Crippen LogP contribution >= 0.6 is 0 Å². The zero-order valence-electron chi connectivity index (χ0n) is 15.3. The van der Waals surface area contributed by atoms with Crippen LogP contribution in [0.2, 0.25) is 0 Å². The van der Waals surface area contributed by atoms with Crippen LogP contribution in [0.25, 0.3) is 33.9 Å². The number of carbonyl (C=O) groups is 1. The lowest BCUT2D eigenvalue weighted by molar-refractivity contribution is -0.114. The first-order valence-electron chi connectivity index (χ1n) is 8.94. The summed E-state index contributed by atoms with van der Waals surface area (Å²) in [7, 11) is 0. The first-order valence-corrected chi connectivity index (χ1v) is 8.94. The monoisotopic (exact) mass is 369 g/mol. The summed E-state index contributed by atoms with van der Waals surface area (Å²) in [6, 6.07) is 26.7. The predicted molar refractivity (Wildman–Crippen MR) is 110 cm³/mol. The van der Waals surface area contributed by atoms with E-state index >= 15 is 0 Å². The first kappa shape index (κ1) is 17.5. The van der Waals surface area contributed by atoms with E-state index in [0.717, 1.165) is 21.4 Å². The smallest absolute Gasteiger partial charge is 0.221 e. The van der Waals surface area contributed by atoms with E-state index in [1.165, 1.54) is 6.92 Å². The van der Waals surface area contributed by atoms with Crippen LogP contribution < -0.4 is 5.32 Å². The van der Waals surface area contributed by atoms with Crippen molar-refractivity contribution in [1.29, 1.82) is 0 Å². The zero-order valence-corrected chi connectivity index (χ0v) is 15.3. The molecule has 4 aromatic rings. The Morgan fingerprint density at radius 2 is 1.39 bits per heavy atom. The molecule has 0 aliphatic carbocycles. The summed E-state index contributed by atoms with van der Waals surface area (Å²) in [5, 5.41) is 13.7. The van der Waals surface area contributed by atoms with Gasteiger partial charge in [-0.2, -0.15) is 4.73 Å². The minimum Gasteiger partial charge on any atom is -0.426 e. The third-order valence-electron chi connectivity index (χ3n) is 4.41. The lowest BCUT2D eigenvalue weighted by atomic mass is 10.1. The van der Waals surface area contributed by atoms with Crippen molar-refractivity contribution in [2.45, 2.75) is 6.92 Å². The van der Waals surface area contributed by atoms with Crippen LogP contribution in [0.1, 0.15) is 6.92 Å². The molecule has 0 bridgehead atoms. The largest absolute Gasteiger partial charge is 0.426 e. The number of hydrogen-bond donors (Lipinski definition) is 2. The third kappa shape index (κ3) is 3.38. The number of carbonyl (C=O) groups excluding carboxylic acids is 1. The average Bonchev–Trinajstić information content (AvgIpc) is 3.07. The summed E-state index contributed by atoms with van der Waals surface area (Å²) >= 11 is 0. The lowest BCUT2D eigenvalue weighted by Gasteiger charge is -2.07. The first-order chi connectivity index (χ1) is 13.6. The number of amides is 1. The number of anilines is 1. The maximum Gasteiger partial charge on any atom is 0.221 e. The zero-order chi connectivity index (χ0) is 19.5. The van der Waals surface area contributed by atoms with Gasteiger partial charge in [-0.1, -0.05) is 60.7 Å². The standard InChI is InChI=1S/C23H19N3O2/c1-16(27)24-20-14-12-19(13-15-20)23-25-21(17-8-4-2-5-9-17)22(26(23)28)18-10-6-3-7-11-18/h2-15,28H,1H3,(H,24,27). The Bertz CT molecular complexity index is 1100. The number of nitrogens with one attached hydrogen (secondary N) is 1. The fourth-order valence-corrected chi connectivity index (χ4v) is 3.16. The molecule has 5 nitrogen and oxygen atoms in total. The Morgan fingerprint density at radius 1 is 0.821 bits per heavy atom. The number of hydrogen-bond acceptors (Lipinski definition) is 3. The van der Waals surface area contributed by atoms with Crippen LogP contribution in [-0.4, -0.2) is 20.8 Å². The van der Waals surface area contributed by atoms with Gasteiger partial charge in [0.05, 0.1) is 0 Å². The summed E-state index contributed by atoms with van der Waals surface area (Å²) in [5.41, 5.74) is 4.57. The minimum atomic E-state index is -0.130. The van der Waals surface area contributed by atoms with Gasteiger partial charge >= 0.3 is 0 Å². The number of nitrogens with zero attached hydrogens (tertiary/aromatic N) is 2. The number of benzene rings is 3. The van der Waals surface area contributed by atoms with Crippen LogP contribution in [0.5, 0.6) is 0 Å². The quantitative estimate of drug-likeness (QED) is 0.493. The molecule has 1 heterocycles. The Labute approximate surface area is 162 Å². The second-order valence-corrected chi connectivity index (χ2v) is 6.44. The third-order valence-corrected chi connectivity index (χ3v) is 4.41. The molecular weight excluding hydrogens is 350 g/mol. The fourth-order valence-electron chi connectivity index (χ4n) is 3.16. The second-order valence-electron chi connectivity index (χ2n) is 6.44. The summed E-state index contributed by atoms with van der Waals surface area (Å²) in [4.78, 5) is 16.0.